The maximum Gasteiger partial charge on any atom is 0.223 e. The minimum atomic E-state index is 0.0868. The first-order chi connectivity index (χ1) is 10.8. The zero-order valence-electron chi connectivity index (χ0n) is 12.6. The molecule has 116 valence electrons. The number of ether oxygens (including phenoxy) is 1. The lowest BCUT2D eigenvalue weighted by Gasteiger charge is -2.33. The van der Waals surface area contributed by atoms with Crippen molar-refractivity contribution in [3.05, 3.63) is 54.5 Å². The molecule has 3 rings (SSSR count). The molecule has 1 amide bonds. The summed E-state index contributed by atoms with van der Waals surface area (Å²) in [6, 6.07) is 13.6. The molecule has 0 bridgehead atoms. The van der Waals surface area contributed by atoms with Crippen molar-refractivity contribution in [2.45, 2.75) is 31.8 Å². The summed E-state index contributed by atoms with van der Waals surface area (Å²) in [6.07, 6.45) is 4.87. The van der Waals surface area contributed by atoms with E-state index in [4.69, 9.17) is 9.15 Å². The summed E-state index contributed by atoms with van der Waals surface area (Å²) in [4.78, 5) is 14.2. The van der Waals surface area contributed by atoms with E-state index in [0.717, 1.165) is 30.9 Å². The van der Waals surface area contributed by atoms with Gasteiger partial charge in [-0.15, -0.1) is 0 Å². The molecular weight excluding hydrogens is 278 g/mol. The predicted molar refractivity (Wildman–Crippen MR) is 83.7 cm³/mol. The van der Waals surface area contributed by atoms with Crippen LogP contribution in [0.5, 0.6) is 5.75 Å². The standard InChI is InChI=1S/C18H21NO3/c20-18(11-10-15-9-5-13-21-15)19-12-4-8-17(14-19)22-16-6-2-1-3-7-16/h1-3,5-7,9,13,17H,4,8,10-12,14H2. The molecule has 1 unspecified atom stereocenters. The van der Waals surface area contributed by atoms with E-state index >= 15 is 0 Å². The third-order valence-electron chi connectivity index (χ3n) is 3.94. The van der Waals surface area contributed by atoms with Gasteiger partial charge in [0.15, 0.2) is 0 Å². The number of para-hydroxylation sites is 1. The van der Waals surface area contributed by atoms with Crippen molar-refractivity contribution in [3.8, 4) is 5.75 Å². The Bertz CT molecular complexity index is 580. The number of nitrogens with zero attached hydrogens (tertiary/aromatic N) is 1. The van der Waals surface area contributed by atoms with Gasteiger partial charge >= 0.3 is 0 Å². The topological polar surface area (TPSA) is 42.7 Å². The quantitative estimate of drug-likeness (QED) is 0.851. The molecule has 1 aromatic carbocycles. The predicted octanol–water partition coefficient (Wildman–Crippen LogP) is 3.28. The summed E-state index contributed by atoms with van der Waals surface area (Å²) in [5.41, 5.74) is 0. The first-order valence-electron chi connectivity index (χ1n) is 7.83. The zero-order chi connectivity index (χ0) is 15.2. The number of carbonyl (C=O) groups is 1. The zero-order valence-corrected chi connectivity index (χ0v) is 12.6. The van der Waals surface area contributed by atoms with E-state index in [1.807, 2.05) is 47.4 Å². The normalized spacial score (nSPS) is 18.2. The highest BCUT2D eigenvalue weighted by Crippen LogP contribution is 2.19. The van der Waals surface area contributed by atoms with E-state index in [2.05, 4.69) is 0 Å². The summed E-state index contributed by atoms with van der Waals surface area (Å²) >= 11 is 0. The van der Waals surface area contributed by atoms with Gasteiger partial charge in [-0.2, -0.15) is 0 Å². The van der Waals surface area contributed by atoms with E-state index in [-0.39, 0.29) is 12.0 Å². The molecule has 0 N–H and O–H groups in total. The van der Waals surface area contributed by atoms with Crippen molar-refractivity contribution in [2.24, 2.45) is 0 Å². The molecule has 1 aliphatic rings. The number of aryl methyl sites for hydroxylation is 1. The number of amides is 1. The second kappa shape index (κ2) is 7.16. The van der Waals surface area contributed by atoms with Crippen LogP contribution < -0.4 is 4.74 Å². The van der Waals surface area contributed by atoms with Crippen LogP contribution >= 0.6 is 0 Å². The van der Waals surface area contributed by atoms with Crippen molar-refractivity contribution in [3.63, 3.8) is 0 Å². The van der Waals surface area contributed by atoms with Crippen molar-refractivity contribution in [1.29, 1.82) is 0 Å². The van der Waals surface area contributed by atoms with Gasteiger partial charge < -0.3 is 14.1 Å². The van der Waals surface area contributed by atoms with Crippen LogP contribution in [0.4, 0.5) is 0 Å². The van der Waals surface area contributed by atoms with E-state index in [9.17, 15) is 4.79 Å². The summed E-state index contributed by atoms with van der Waals surface area (Å²) in [6.45, 7) is 1.50. The Hall–Kier alpha value is -2.23. The smallest absolute Gasteiger partial charge is 0.223 e. The second-order valence-corrected chi connectivity index (χ2v) is 5.61. The highest BCUT2D eigenvalue weighted by Gasteiger charge is 2.24. The number of hydrogen-bond donors (Lipinski definition) is 0. The Kier molecular flexibility index (Phi) is 4.78. The summed E-state index contributed by atoms with van der Waals surface area (Å²) in [7, 11) is 0. The molecule has 2 heterocycles. The number of carbonyl (C=O) groups excluding carboxylic acids is 1. The highest BCUT2D eigenvalue weighted by atomic mass is 16.5. The van der Waals surface area contributed by atoms with Gasteiger partial charge in [-0.25, -0.2) is 0 Å². The number of furan rings is 1. The average molecular weight is 299 g/mol. The Morgan fingerprint density at radius 1 is 1.23 bits per heavy atom. The molecule has 2 aromatic rings. The monoisotopic (exact) mass is 299 g/mol. The van der Waals surface area contributed by atoms with Crippen molar-refractivity contribution >= 4 is 5.91 Å². The molecule has 0 spiro atoms. The fourth-order valence-corrected chi connectivity index (χ4v) is 2.80. The fraction of sp³-hybridized carbons (Fsp3) is 0.389. The first-order valence-corrected chi connectivity index (χ1v) is 7.83. The van der Waals surface area contributed by atoms with E-state index in [1.54, 1.807) is 6.26 Å². The summed E-state index contributed by atoms with van der Waals surface area (Å²) in [5.74, 6) is 1.91. The van der Waals surface area contributed by atoms with Gasteiger partial charge in [-0.05, 0) is 37.1 Å². The molecule has 22 heavy (non-hydrogen) atoms. The Labute approximate surface area is 130 Å². The lowest BCUT2D eigenvalue weighted by atomic mass is 10.1. The molecule has 4 nitrogen and oxygen atoms in total. The molecule has 1 aromatic heterocycles. The molecule has 4 heteroatoms. The Morgan fingerprint density at radius 2 is 2.09 bits per heavy atom. The lowest BCUT2D eigenvalue weighted by molar-refractivity contribution is -0.133. The average Bonchev–Trinajstić information content (AvgIpc) is 3.07. The lowest BCUT2D eigenvalue weighted by Crippen LogP contribution is -2.44. The highest BCUT2D eigenvalue weighted by molar-refractivity contribution is 5.76. The molecule has 0 radical (unpaired) electrons. The number of rotatable bonds is 5. The Balaban J connectivity index is 1.50. The van der Waals surface area contributed by atoms with Crippen LogP contribution in [-0.2, 0) is 11.2 Å². The van der Waals surface area contributed by atoms with Gasteiger partial charge in [0, 0.05) is 19.4 Å². The number of hydrogen-bond acceptors (Lipinski definition) is 3. The van der Waals surface area contributed by atoms with Gasteiger partial charge in [-0.3, -0.25) is 4.79 Å². The third-order valence-corrected chi connectivity index (χ3v) is 3.94. The van der Waals surface area contributed by atoms with Gasteiger partial charge in [0.2, 0.25) is 5.91 Å². The maximum atomic E-state index is 12.3. The van der Waals surface area contributed by atoms with Crippen molar-refractivity contribution in [1.82, 2.24) is 4.90 Å². The molecule has 1 atom stereocenters. The molecular formula is C18H21NO3. The van der Waals surface area contributed by atoms with Gasteiger partial charge in [0.05, 0.1) is 12.8 Å². The van der Waals surface area contributed by atoms with Crippen molar-refractivity contribution in [2.75, 3.05) is 13.1 Å². The largest absolute Gasteiger partial charge is 0.489 e. The van der Waals surface area contributed by atoms with Crippen LogP contribution in [0.25, 0.3) is 0 Å². The van der Waals surface area contributed by atoms with E-state index in [0.29, 0.717) is 19.4 Å². The summed E-state index contributed by atoms with van der Waals surface area (Å²) < 4.78 is 11.2. The van der Waals surface area contributed by atoms with E-state index < -0.39 is 0 Å². The van der Waals surface area contributed by atoms with Crippen LogP contribution in [0, 0.1) is 0 Å². The van der Waals surface area contributed by atoms with Crippen LogP contribution in [-0.4, -0.2) is 30.0 Å². The molecule has 1 saturated heterocycles. The maximum absolute atomic E-state index is 12.3. The van der Waals surface area contributed by atoms with Crippen LogP contribution in [0.2, 0.25) is 0 Å². The van der Waals surface area contributed by atoms with Crippen LogP contribution in [0.1, 0.15) is 25.0 Å². The molecule has 1 fully saturated rings. The SMILES string of the molecule is O=C(CCc1ccco1)N1CCCC(Oc2ccccc2)C1. The first kappa shape index (κ1) is 14.7. The summed E-state index contributed by atoms with van der Waals surface area (Å²) in [5, 5.41) is 0. The number of piperidine rings is 1. The minimum Gasteiger partial charge on any atom is -0.489 e. The third kappa shape index (κ3) is 3.91. The Morgan fingerprint density at radius 3 is 2.86 bits per heavy atom. The van der Waals surface area contributed by atoms with Gasteiger partial charge in [0.1, 0.15) is 17.6 Å². The van der Waals surface area contributed by atoms with Crippen LogP contribution in [0.3, 0.4) is 0 Å². The van der Waals surface area contributed by atoms with Gasteiger partial charge in [-0.1, -0.05) is 18.2 Å². The number of benzene rings is 1. The van der Waals surface area contributed by atoms with Crippen LogP contribution in [0.15, 0.2) is 53.1 Å². The molecule has 1 aliphatic heterocycles. The van der Waals surface area contributed by atoms with Crippen molar-refractivity contribution < 1.29 is 13.9 Å². The molecule has 0 saturated carbocycles. The minimum absolute atomic E-state index is 0.0868. The fourth-order valence-electron chi connectivity index (χ4n) is 2.80. The second-order valence-electron chi connectivity index (χ2n) is 5.61. The molecule has 0 aliphatic carbocycles. The number of likely N-dealkylation sites (tertiary alicyclic amines) is 1. The van der Waals surface area contributed by atoms with E-state index in [1.165, 1.54) is 0 Å². The van der Waals surface area contributed by atoms with Gasteiger partial charge in [0.25, 0.3) is 0 Å².